The van der Waals surface area contributed by atoms with Crippen LogP contribution in [0.1, 0.15) is 41.5 Å². The van der Waals surface area contributed by atoms with Crippen LogP contribution in [0.3, 0.4) is 0 Å². The predicted molar refractivity (Wildman–Crippen MR) is 103 cm³/mol. The summed E-state index contributed by atoms with van der Waals surface area (Å²) >= 11 is 0. The van der Waals surface area contributed by atoms with Gasteiger partial charge in [-0.2, -0.15) is 0 Å². The van der Waals surface area contributed by atoms with Crippen molar-refractivity contribution in [3.05, 3.63) is 59.7 Å². The second kappa shape index (κ2) is 9.43. The summed E-state index contributed by atoms with van der Waals surface area (Å²) in [6, 6.07) is 10.6. The van der Waals surface area contributed by atoms with Crippen LogP contribution in [0, 0.1) is 0 Å². The van der Waals surface area contributed by atoms with Crippen molar-refractivity contribution >= 4 is 5.91 Å². The van der Waals surface area contributed by atoms with E-state index >= 15 is 0 Å². The van der Waals surface area contributed by atoms with Gasteiger partial charge in [0.1, 0.15) is 5.82 Å². The first-order valence-corrected chi connectivity index (χ1v) is 9.62. The minimum atomic E-state index is 0.0544. The lowest BCUT2D eigenvalue weighted by atomic mass is 10.1. The van der Waals surface area contributed by atoms with Crippen molar-refractivity contribution in [1.82, 2.24) is 19.8 Å². The van der Waals surface area contributed by atoms with Crippen molar-refractivity contribution in [2.45, 2.75) is 32.6 Å². The Morgan fingerprint density at radius 2 is 1.81 bits per heavy atom. The molecule has 2 aromatic rings. The summed E-state index contributed by atoms with van der Waals surface area (Å²) < 4.78 is 0. The summed E-state index contributed by atoms with van der Waals surface area (Å²) in [5.41, 5.74) is 1.99. The van der Waals surface area contributed by atoms with E-state index in [1.54, 1.807) is 12.4 Å². The smallest absolute Gasteiger partial charge is 0.257 e. The first-order valence-electron chi connectivity index (χ1n) is 9.62. The van der Waals surface area contributed by atoms with Gasteiger partial charge in [-0.3, -0.25) is 4.79 Å². The third kappa shape index (κ3) is 5.11. The van der Waals surface area contributed by atoms with Crippen molar-refractivity contribution in [1.29, 1.82) is 0 Å². The van der Waals surface area contributed by atoms with E-state index in [0.29, 0.717) is 5.56 Å². The molecule has 138 valence electrons. The number of amides is 1. The molecule has 2 heterocycles. The molecule has 1 amide bonds. The normalized spacial score (nSPS) is 15.7. The highest BCUT2D eigenvalue weighted by molar-refractivity contribution is 5.93. The van der Waals surface area contributed by atoms with Gasteiger partial charge in [0.15, 0.2) is 0 Å². The molecule has 0 spiro atoms. The molecule has 0 atom stereocenters. The van der Waals surface area contributed by atoms with Crippen LogP contribution >= 0.6 is 0 Å². The minimum absolute atomic E-state index is 0.0544. The van der Waals surface area contributed by atoms with E-state index in [4.69, 9.17) is 0 Å². The molecule has 1 aliphatic heterocycles. The molecule has 0 aliphatic carbocycles. The minimum Gasteiger partial charge on any atom is -0.337 e. The second-order valence-corrected chi connectivity index (χ2v) is 6.82. The maximum Gasteiger partial charge on any atom is 0.257 e. The molecule has 1 saturated heterocycles. The Kier molecular flexibility index (Phi) is 6.72. The number of aromatic nitrogens is 2. The number of rotatable bonds is 6. The standard InChI is InChI=1S/C21H28N4O/c1-2-20-22-16-19(17-23-20)21(26)25-13-7-12-24(14-15-25)11-6-10-18-8-4-3-5-9-18/h3-5,8-9,16-17H,2,6-7,10-15H2,1H3. The molecule has 1 fully saturated rings. The highest BCUT2D eigenvalue weighted by Crippen LogP contribution is 2.10. The largest absolute Gasteiger partial charge is 0.337 e. The third-order valence-electron chi connectivity index (χ3n) is 4.93. The molecule has 0 radical (unpaired) electrons. The average molecular weight is 352 g/mol. The zero-order valence-electron chi connectivity index (χ0n) is 15.6. The number of benzene rings is 1. The Labute approximate surface area is 156 Å². The maximum absolute atomic E-state index is 12.7. The van der Waals surface area contributed by atoms with Gasteiger partial charge in [0, 0.05) is 38.4 Å². The molecule has 5 heteroatoms. The lowest BCUT2D eigenvalue weighted by Crippen LogP contribution is -2.35. The van der Waals surface area contributed by atoms with Gasteiger partial charge in [0.2, 0.25) is 0 Å². The zero-order valence-corrected chi connectivity index (χ0v) is 15.6. The van der Waals surface area contributed by atoms with E-state index in [1.165, 1.54) is 5.56 Å². The molecule has 0 saturated carbocycles. The molecular formula is C21H28N4O. The Balaban J connectivity index is 1.47. The molecule has 1 aliphatic rings. The fourth-order valence-electron chi connectivity index (χ4n) is 3.38. The maximum atomic E-state index is 12.7. The van der Waals surface area contributed by atoms with Crippen LogP contribution in [0.2, 0.25) is 0 Å². The number of carbonyl (C=O) groups is 1. The summed E-state index contributed by atoms with van der Waals surface area (Å²) in [5.74, 6) is 0.834. The van der Waals surface area contributed by atoms with Crippen LogP contribution in [0.5, 0.6) is 0 Å². The van der Waals surface area contributed by atoms with Gasteiger partial charge < -0.3 is 9.80 Å². The topological polar surface area (TPSA) is 49.3 Å². The number of hydrogen-bond acceptors (Lipinski definition) is 4. The Bertz CT molecular complexity index is 687. The van der Waals surface area contributed by atoms with Gasteiger partial charge in [0.05, 0.1) is 5.56 Å². The molecule has 0 N–H and O–H groups in total. The SMILES string of the molecule is CCc1ncc(C(=O)N2CCCN(CCCc3ccccc3)CC2)cn1. The molecule has 5 nitrogen and oxygen atoms in total. The first kappa shape index (κ1) is 18.5. The molecule has 1 aromatic carbocycles. The number of nitrogens with zero attached hydrogens (tertiary/aromatic N) is 4. The van der Waals surface area contributed by atoms with Crippen LogP contribution in [0.4, 0.5) is 0 Å². The van der Waals surface area contributed by atoms with Crippen molar-refractivity contribution in [3.8, 4) is 0 Å². The summed E-state index contributed by atoms with van der Waals surface area (Å²) in [6.45, 7) is 6.69. The van der Waals surface area contributed by atoms with Crippen molar-refractivity contribution in [3.63, 3.8) is 0 Å². The highest BCUT2D eigenvalue weighted by Gasteiger charge is 2.20. The summed E-state index contributed by atoms with van der Waals surface area (Å²) in [5, 5.41) is 0. The summed E-state index contributed by atoms with van der Waals surface area (Å²) in [7, 11) is 0. The van der Waals surface area contributed by atoms with E-state index in [2.05, 4.69) is 45.2 Å². The first-order chi connectivity index (χ1) is 12.8. The number of carbonyl (C=O) groups excluding carboxylic acids is 1. The summed E-state index contributed by atoms with van der Waals surface area (Å²) in [4.78, 5) is 25.6. The lowest BCUT2D eigenvalue weighted by Gasteiger charge is -2.22. The van der Waals surface area contributed by atoms with Gasteiger partial charge in [-0.15, -0.1) is 0 Å². The molecule has 26 heavy (non-hydrogen) atoms. The van der Waals surface area contributed by atoms with E-state index in [9.17, 15) is 4.79 Å². The fraction of sp³-hybridized carbons (Fsp3) is 0.476. The van der Waals surface area contributed by atoms with E-state index in [0.717, 1.165) is 64.2 Å². The summed E-state index contributed by atoms with van der Waals surface area (Å²) in [6.07, 6.45) is 7.40. The predicted octanol–water partition coefficient (Wildman–Crippen LogP) is 2.82. The molecule has 0 unspecified atom stereocenters. The van der Waals surface area contributed by atoms with Crippen molar-refractivity contribution in [2.75, 3.05) is 32.7 Å². The third-order valence-corrected chi connectivity index (χ3v) is 4.93. The van der Waals surface area contributed by atoms with E-state index in [1.807, 2.05) is 11.8 Å². The van der Waals surface area contributed by atoms with Gasteiger partial charge in [-0.1, -0.05) is 37.3 Å². The Hall–Kier alpha value is -2.27. The van der Waals surface area contributed by atoms with Gasteiger partial charge >= 0.3 is 0 Å². The monoisotopic (exact) mass is 352 g/mol. The van der Waals surface area contributed by atoms with Crippen molar-refractivity contribution in [2.24, 2.45) is 0 Å². The molecular weight excluding hydrogens is 324 g/mol. The van der Waals surface area contributed by atoms with Crippen LogP contribution in [-0.4, -0.2) is 58.4 Å². The Morgan fingerprint density at radius 3 is 2.54 bits per heavy atom. The van der Waals surface area contributed by atoms with E-state index < -0.39 is 0 Å². The van der Waals surface area contributed by atoms with Gasteiger partial charge in [0.25, 0.3) is 5.91 Å². The molecule has 0 bridgehead atoms. The number of aryl methyl sites for hydroxylation is 2. The lowest BCUT2D eigenvalue weighted by molar-refractivity contribution is 0.0760. The Morgan fingerprint density at radius 1 is 1.04 bits per heavy atom. The highest BCUT2D eigenvalue weighted by atomic mass is 16.2. The molecule has 3 rings (SSSR count). The van der Waals surface area contributed by atoms with Crippen LogP contribution < -0.4 is 0 Å². The zero-order chi connectivity index (χ0) is 18.2. The molecule has 1 aromatic heterocycles. The number of hydrogen-bond donors (Lipinski definition) is 0. The van der Waals surface area contributed by atoms with Crippen LogP contribution in [0.25, 0.3) is 0 Å². The van der Waals surface area contributed by atoms with Crippen molar-refractivity contribution < 1.29 is 4.79 Å². The van der Waals surface area contributed by atoms with Crippen LogP contribution in [0.15, 0.2) is 42.7 Å². The van der Waals surface area contributed by atoms with E-state index in [-0.39, 0.29) is 5.91 Å². The second-order valence-electron chi connectivity index (χ2n) is 6.82. The van der Waals surface area contributed by atoms with Gasteiger partial charge in [-0.05, 0) is 37.9 Å². The average Bonchev–Trinajstić information content (AvgIpc) is 2.94. The quantitative estimate of drug-likeness (QED) is 0.802. The van der Waals surface area contributed by atoms with Gasteiger partial charge in [-0.25, -0.2) is 9.97 Å². The fourth-order valence-corrected chi connectivity index (χ4v) is 3.38. The van der Waals surface area contributed by atoms with Crippen LogP contribution in [-0.2, 0) is 12.8 Å².